The summed E-state index contributed by atoms with van der Waals surface area (Å²) in [6, 6.07) is 33.1. The first-order valence-corrected chi connectivity index (χ1v) is 11.5. The average molecular weight is 424 g/mol. The van der Waals surface area contributed by atoms with E-state index in [0.29, 0.717) is 0 Å². The fourth-order valence-corrected chi connectivity index (χ4v) is 5.61. The number of fused-ring (bicyclic) bond motifs is 3. The van der Waals surface area contributed by atoms with Gasteiger partial charge in [0.2, 0.25) is 6.71 Å². The van der Waals surface area contributed by atoms with Gasteiger partial charge in [-0.2, -0.15) is 5.10 Å². The molecule has 0 radical (unpaired) electrons. The van der Waals surface area contributed by atoms with Gasteiger partial charge in [0.25, 0.3) is 0 Å². The first-order valence-electron chi connectivity index (χ1n) is 11.5. The summed E-state index contributed by atoms with van der Waals surface area (Å²) in [5.74, 6) is 0. The average Bonchev–Trinajstić information content (AvgIpc) is 3.42. The molecule has 0 saturated carbocycles. The van der Waals surface area contributed by atoms with Crippen molar-refractivity contribution < 1.29 is 0 Å². The minimum atomic E-state index is 0.269. The van der Waals surface area contributed by atoms with Gasteiger partial charge in [-0.1, -0.05) is 94.7 Å². The van der Waals surface area contributed by atoms with E-state index in [1.807, 2.05) is 6.20 Å². The van der Waals surface area contributed by atoms with Gasteiger partial charge in [-0.15, -0.1) is 0 Å². The highest BCUT2D eigenvalue weighted by Gasteiger charge is 2.32. The summed E-state index contributed by atoms with van der Waals surface area (Å²) in [6.45, 7) is 6.79. The molecule has 0 fully saturated rings. The van der Waals surface area contributed by atoms with Crippen LogP contribution in [0, 0.1) is 20.8 Å². The van der Waals surface area contributed by atoms with Crippen LogP contribution in [-0.4, -0.2) is 16.5 Å². The molecule has 33 heavy (non-hydrogen) atoms. The Balaban J connectivity index is 1.42. The van der Waals surface area contributed by atoms with Gasteiger partial charge in [0.15, 0.2) is 0 Å². The number of aryl methyl sites for hydroxylation is 3. The first kappa shape index (κ1) is 19.8. The summed E-state index contributed by atoms with van der Waals surface area (Å²) in [4.78, 5) is 0. The Morgan fingerprint density at radius 3 is 1.85 bits per heavy atom. The minimum Gasteiger partial charge on any atom is -0.233 e. The Kier molecular flexibility index (Phi) is 4.58. The molecule has 0 aliphatic carbocycles. The molecule has 158 valence electrons. The van der Waals surface area contributed by atoms with Gasteiger partial charge >= 0.3 is 0 Å². The third-order valence-corrected chi connectivity index (χ3v) is 6.88. The molecule has 0 amide bonds. The Labute approximate surface area is 195 Å². The molecule has 0 spiro atoms. The summed E-state index contributed by atoms with van der Waals surface area (Å²) in [5, 5.41) is 4.68. The van der Waals surface area contributed by atoms with E-state index in [9.17, 15) is 0 Å². The Morgan fingerprint density at radius 2 is 1.24 bits per heavy atom. The highest BCUT2D eigenvalue weighted by molar-refractivity contribution is 6.99. The Morgan fingerprint density at radius 1 is 0.667 bits per heavy atom. The highest BCUT2D eigenvalue weighted by Crippen LogP contribution is 2.30. The van der Waals surface area contributed by atoms with E-state index >= 15 is 0 Å². The molecule has 0 unspecified atom stereocenters. The van der Waals surface area contributed by atoms with Crippen molar-refractivity contribution in [2.24, 2.45) is 0 Å². The van der Waals surface area contributed by atoms with E-state index in [0.717, 1.165) is 11.4 Å². The first-order chi connectivity index (χ1) is 16.1. The summed E-state index contributed by atoms with van der Waals surface area (Å²) in [5.41, 5.74) is 14.1. The second-order valence-electron chi connectivity index (χ2n) is 9.10. The van der Waals surface area contributed by atoms with Gasteiger partial charge in [-0.05, 0) is 61.2 Å². The lowest BCUT2D eigenvalue weighted by Crippen LogP contribution is -2.48. The molecule has 0 atom stereocenters. The molecule has 4 aromatic carbocycles. The molecule has 2 nitrogen and oxygen atoms in total. The van der Waals surface area contributed by atoms with E-state index in [1.54, 1.807) is 0 Å². The van der Waals surface area contributed by atoms with Gasteiger partial charge in [0.1, 0.15) is 0 Å². The van der Waals surface area contributed by atoms with Gasteiger partial charge < -0.3 is 0 Å². The van der Waals surface area contributed by atoms with Gasteiger partial charge in [0.05, 0.1) is 17.6 Å². The van der Waals surface area contributed by atoms with Crippen LogP contribution in [0.25, 0.3) is 28.1 Å². The monoisotopic (exact) mass is 424 g/mol. The molecule has 1 aliphatic heterocycles. The van der Waals surface area contributed by atoms with Crippen molar-refractivity contribution in [3.8, 4) is 28.1 Å². The van der Waals surface area contributed by atoms with Crippen molar-refractivity contribution in [2.45, 2.75) is 20.8 Å². The lowest BCUT2D eigenvalue weighted by Gasteiger charge is -2.15. The number of hydrogen-bond acceptors (Lipinski definition) is 1. The maximum absolute atomic E-state index is 4.68. The van der Waals surface area contributed by atoms with Gasteiger partial charge in [-0.25, -0.2) is 4.68 Å². The molecule has 5 aromatic rings. The second kappa shape index (κ2) is 7.63. The topological polar surface area (TPSA) is 17.8 Å². The lowest BCUT2D eigenvalue weighted by atomic mass is 9.39. The number of hydrogen-bond donors (Lipinski definition) is 0. The van der Waals surface area contributed by atoms with Crippen LogP contribution in [-0.2, 0) is 0 Å². The van der Waals surface area contributed by atoms with E-state index in [2.05, 4.69) is 122 Å². The van der Waals surface area contributed by atoms with E-state index in [4.69, 9.17) is 0 Å². The smallest absolute Gasteiger partial charge is 0.233 e. The third-order valence-electron chi connectivity index (χ3n) is 6.88. The SMILES string of the molecule is Cc1cc(C)c(-c2ccnn2-c2ccc(B3c4ccccc4-c4ccccc43)cc2)c(C)c1. The Hall–Kier alpha value is -3.85. The molecule has 1 aromatic heterocycles. The maximum Gasteiger partial charge on any atom is 0.242 e. The third kappa shape index (κ3) is 3.15. The molecule has 3 heteroatoms. The molecular weight excluding hydrogens is 399 g/mol. The van der Waals surface area contributed by atoms with Crippen molar-refractivity contribution in [1.29, 1.82) is 0 Å². The van der Waals surface area contributed by atoms with Crippen molar-refractivity contribution in [1.82, 2.24) is 9.78 Å². The molecule has 0 saturated heterocycles. The maximum atomic E-state index is 4.68. The van der Waals surface area contributed by atoms with Crippen molar-refractivity contribution in [2.75, 3.05) is 0 Å². The number of nitrogens with zero attached hydrogens (tertiary/aromatic N) is 2. The zero-order valence-electron chi connectivity index (χ0n) is 19.2. The summed E-state index contributed by atoms with van der Waals surface area (Å²) >= 11 is 0. The normalized spacial score (nSPS) is 12.0. The summed E-state index contributed by atoms with van der Waals surface area (Å²) in [6.07, 6.45) is 1.89. The van der Waals surface area contributed by atoms with Crippen molar-refractivity contribution >= 4 is 23.1 Å². The van der Waals surface area contributed by atoms with Crippen LogP contribution >= 0.6 is 0 Å². The quantitative estimate of drug-likeness (QED) is 0.367. The van der Waals surface area contributed by atoms with E-state index in [1.165, 1.54) is 49.8 Å². The number of rotatable bonds is 3. The molecule has 6 rings (SSSR count). The zero-order chi connectivity index (χ0) is 22.5. The minimum absolute atomic E-state index is 0.269. The molecule has 1 aliphatic rings. The van der Waals surface area contributed by atoms with Crippen molar-refractivity contribution in [3.05, 3.63) is 114 Å². The number of benzene rings is 4. The van der Waals surface area contributed by atoms with Crippen LogP contribution in [0.15, 0.2) is 97.2 Å². The van der Waals surface area contributed by atoms with E-state index < -0.39 is 0 Å². The Bertz CT molecular complexity index is 1430. The van der Waals surface area contributed by atoms with Crippen LogP contribution in [0.5, 0.6) is 0 Å². The summed E-state index contributed by atoms with van der Waals surface area (Å²) < 4.78 is 2.06. The van der Waals surface area contributed by atoms with Gasteiger partial charge in [-0.3, -0.25) is 0 Å². The number of aromatic nitrogens is 2. The largest absolute Gasteiger partial charge is 0.242 e. The van der Waals surface area contributed by atoms with E-state index in [-0.39, 0.29) is 6.71 Å². The van der Waals surface area contributed by atoms with Crippen LogP contribution in [0.4, 0.5) is 0 Å². The van der Waals surface area contributed by atoms with Gasteiger partial charge in [0, 0.05) is 5.56 Å². The van der Waals surface area contributed by atoms with Crippen LogP contribution in [0.1, 0.15) is 16.7 Å². The van der Waals surface area contributed by atoms with Crippen molar-refractivity contribution in [3.63, 3.8) is 0 Å². The fraction of sp³-hybridized carbons (Fsp3) is 0.100. The van der Waals surface area contributed by atoms with Crippen LogP contribution < -0.4 is 16.4 Å². The predicted molar refractivity (Wildman–Crippen MR) is 140 cm³/mol. The molecule has 0 bridgehead atoms. The van der Waals surface area contributed by atoms with Crippen LogP contribution in [0.2, 0.25) is 0 Å². The lowest BCUT2D eigenvalue weighted by molar-refractivity contribution is 0.886. The molecule has 0 N–H and O–H groups in total. The predicted octanol–water partition coefficient (Wildman–Crippen LogP) is 4.96. The molecular formula is C30H25BN2. The highest BCUT2D eigenvalue weighted by atomic mass is 15.3. The standard InChI is InChI=1S/C30H25BN2/c1-20-18-21(2)30(22(3)19-20)29-16-17-32-33(29)24-14-12-23(13-15-24)31-27-10-6-4-8-25(27)26-9-5-7-11-28(26)31/h4-19H,1-3H3. The molecule has 2 heterocycles. The fourth-order valence-electron chi connectivity index (χ4n) is 5.61. The van der Waals surface area contributed by atoms with Crippen LogP contribution in [0.3, 0.4) is 0 Å². The second-order valence-corrected chi connectivity index (χ2v) is 9.10. The zero-order valence-corrected chi connectivity index (χ0v) is 19.2. The summed E-state index contributed by atoms with van der Waals surface area (Å²) in [7, 11) is 0.